The summed E-state index contributed by atoms with van der Waals surface area (Å²) in [6.07, 6.45) is 0. The fourth-order valence-corrected chi connectivity index (χ4v) is 2.93. The molecule has 0 radical (unpaired) electrons. The van der Waals surface area contributed by atoms with E-state index in [-0.39, 0.29) is 20.1 Å². The molecule has 1 N–H and O–H groups in total. The summed E-state index contributed by atoms with van der Waals surface area (Å²) in [5, 5.41) is 11.4. The molecule has 2 rings (SSSR count). The summed E-state index contributed by atoms with van der Waals surface area (Å²) < 4.78 is 13.7. The number of aryl methyl sites for hydroxylation is 2. The van der Waals surface area contributed by atoms with Gasteiger partial charge in [0.25, 0.3) is 0 Å². The molecule has 2 aromatic carbocycles. The SMILES string of the molecule is Cc1cccc(Pc2c(C)cccc2F)c1O.[Cl][Zr][Cl]. The van der Waals surface area contributed by atoms with Gasteiger partial charge in [0.1, 0.15) is 11.6 Å². The van der Waals surface area contributed by atoms with Gasteiger partial charge in [0.15, 0.2) is 0 Å². The van der Waals surface area contributed by atoms with Crippen molar-refractivity contribution >= 4 is 36.2 Å². The van der Waals surface area contributed by atoms with Crippen LogP contribution in [0.2, 0.25) is 0 Å². The number of phenols is 1. The maximum atomic E-state index is 13.7. The maximum absolute atomic E-state index is 13.7. The molecule has 0 aliphatic heterocycles. The van der Waals surface area contributed by atoms with Crippen LogP contribution in [0.5, 0.6) is 5.75 Å². The Morgan fingerprint density at radius 2 is 1.60 bits per heavy atom. The first-order chi connectivity index (χ1) is 9.51. The average molecular weight is 410 g/mol. The summed E-state index contributed by atoms with van der Waals surface area (Å²) in [6.45, 7) is 3.73. The molecule has 0 fully saturated rings. The number of para-hydroxylation sites is 1. The van der Waals surface area contributed by atoms with Crippen LogP contribution in [0.25, 0.3) is 0 Å². The van der Waals surface area contributed by atoms with Gasteiger partial charge < -0.3 is 5.11 Å². The van der Waals surface area contributed by atoms with Crippen molar-refractivity contribution in [2.24, 2.45) is 0 Å². The summed E-state index contributed by atoms with van der Waals surface area (Å²) in [7, 11) is 10.0. The Morgan fingerprint density at radius 3 is 2.20 bits per heavy atom. The molecule has 0 aliphatic rings. The molecule has 0 saturated heterocycles. The first-order valence-electron chi connectivity index (χ1n) is 5.78. The molecule has 0 spiro atoms. The zero-order chi connectivity index (χ0) is 15.1. The fraction of sp³-hybridized carbons (Fsp3) is 0.143. The summed E-state index contributed by atoms with van der Waals surface area (Å²) in [4.78, 5) is 0. The average Bonchev–Trinajstić information content (AvgIpc) is 2.40. The summed E-state index contributed by atoms with van der Waals surface area (Å²) in [6, 6.07) is 10.6. The van der Waals surface area contributed by atoms with Gasteiger partial charge in [-0.25, -0.2) is 4.39 Å². The Balaban J connectivity index is 0.000000612. The van der Waals surface area contributed by atoms with Crippen molar-refractivity contribution in [3.63, 3.8) is 0 Å². The fourth-order valence-electron chi connectivity index (χ4n) is 1.68. The molecule has 2 aromatic rings. The van der Waals surface area contributed by atoms with E-state index in [0.29, 0.717) is 5.30 Å². The molecule has 20 heavy (non-hydrogen) atoms. The zero-order valence-corrected chi connectivity index (χ0v) is 16.0. The van der Waals surface area contributed by atoms with Gasteiger partial charge in [-0.15, -0.1) is 0 Å². The number of hydrogen-bond acceptors (Lipinski definition) is 1. The monoisotopic (exact) mass is 408 g/mol. The quantitative estimate of drug-likeness (QED) is 0.738. The molecule has 6 heteroatoms. The van der Waals surface area contributed by atoms with Crippen molar-refractivity contribution in [2.45, 2.75) is 13.8 Å². The van der Waals surface area contributed by atoms with Gasteiger partial charge in [-0.3, -0.25) is 0 Å². The summed E-state index contributed by atoms with van der Waals surface area (Å²) in [5.41, 5.74) is 1.74. The van der Waals surface area contributed by atoms with Crippen molar-refractivity contribution in [1.82, 2.24) is 0 Å². The Bertz CT molecular complexity index is 561. The van der Waals surface area contributed by atoms with E-state index in [9.17, 15) is 9.50 Å². The zero-order valence-electron chi connectivity index (χ0n) is 11.0. The predicted octanol–water partition coefficient (Wildman–Crippen LogP) is 4.15. The van der Waals surface area contributed by atoms with Crippen molar-refractivity contribution in [3.8, 4) is 5.75 Å². The molecule has 0 heterocycles. The molecular weight excluding hydrogens is 396 g/mol. The number of aromatic hydroxyl groups is 1. The molecule has 0 bridgehead atoms. The van der Waals surface area contributed by atoms with Crippen molar-refractivity contribution < 1.29 is 30.3 Å². The van der Waals surface area contributed by atoms with Gasteiger partial charge in [0, 0.05) is 10.6 Å². The van der Waals surface area contributed by atoms with Crippen LogP contribution < -0.4 is 10.6 Å². The molecule has 1 unspecified atom stereocenters. The molecule has 1 nitrogen and oxygen atoms in total. The Kier molecular flexibility index (Phi) is 8.29. The second-order valence-electron chi connectivity index (χ2n) is 4.10. The second kappa shape index (κ2) is 9.16. The van der Waals surface area contributed by atoms with Gasteiger partial charge in [-0.05, 0) is 31.0 Å². The van der Waals surface area contributed by atoms with Gasteiger partial charge in [-0.1, -0.05) is 38.9 Å². The molecular formula is C14H14Cl2FOPZr. The standard InChI is InChI=1S/C14H14FOP.2ClH.Zr/c1-9-5-4-8-12(13(9)16)17-14-10(2)6-3-7-11(14)15;;;/h3-8,16-17H,1-2H3;2*1H;/q;;;+2/p-2. The van der Waals surface area contributed by atoms with Crippen LogP contribution in [0.3, 0.4) is 0 Å². The minimum absolute atomic E-state index is 0.145. The van der Waals surface area contributed by atoms with Gasteiger partial charge in [-0.2, -0.15) is 0 Å². The van der Waals surface area contributed by atoms with Crippen molar-refractivity contribution in [1.29, 1.82) is 0 Å². The molecule has 0 aliphatic carbocycles. The number of hydrogen-bond donors (Lipinski definition) is 1. The van der Waals surface area contributed by atoms with Gasteiger partial charge in [0.05, 0.1) is 0 Å². The normalized spacial score (nSPS) is 10.2. The van der Waals surface area contributed by atoms with Crippen molar-refractivity contribution in [3.05, 3.63) is 53.3 Å². The Labute approximate surface area is 139 Å². The molecule has 1 atom stereocenters. The minimum atomic E-state index is -0.826. The van der Waals surface area contributed by atoms with Crippen LogP contribution in [0, 0.1) is 19.7 Å². The summed E-state index contributed by atoms with van der Waals surface area (Å²) >= 11 is -0.826. The van der Waals surface area contributed by atoms with E-state index in [4.69, 9.17) is 17.0 Å². The number of halogens is 3. The van der Waals surface area contributed by atoms with Crippen LogP contribution in [-0.4, -0.2) is 5.11 Å². The number of phenolic OH excluding ortho intramolecular Hbond substituents is 1. The van der Waals surface area contributed by atoms with Gasteiger partial charge >= 0.3 is 37.9 Å². The van der Waals surface area contributed by atoms with Crippen LogP contribution in [0.15, 0.2) is 36.4 Å². The van der Waals surface area contributed by atoms with Crippen LogP contribution in [-0.2, 0) is 20.8 Å². The van der Waals surface area contributed by atoms with E-state index in [1.807, 2.05) is 38.1 Å². The Morgan fingerprint density at radius 1 is 1.05 bits per heavy atom. The van der Waals surface area contributed by atoms with E-state index in [2.05, 4.69) is 0 Å². The third-order valence-electron chi connectivity index (χ3n) is 2.72. The summed E-state index contributed by atoms with van der Waals surface area (Å²) in [5.74, 6) is 0.0673. The van der Waals surface area contributed by atoms with E-state index in [1.54, 1.807) is 6.07 Å². The van der Waals surface area contributed by atoms with Crippen LogP contribution in [0.4, 0.5) is 4.39 Å². The molecule has 0 amide bonds. The molecule has 0 saturated carbocycles. The van der Waals surface area contributed by atoms with E-state index < -0.39 is 20.8 Å². The van der Waals surface area contributed by atoms with Gasteiger partial charge in [0.2, 0.25) is 0 Å². The third-order valence-corrected chi connectivity index (χ3v) is 4.28. The first-order valence-corrected chi connectivity index (χ1v) is 13.1. The van der Waals surface area contributed by atoms with Crippen LogP contribution >= 0.6 is 25.6 Å². The second-order valence-corrected chi connectivity index (χ2v) is 9.12. The molecule has 0 aromatic heterocycles. The van der Waals surface area contributed by atoms with Crippen LogP contribution in [0.1, 0.15) is 11.1 Å². The first kappa shape index (κ1) is 18.1. The topological polar surface area (TPSA) is 20.2 Å². The Hall–Kier alpha value is 0.0631. The number of benzene rings is 2. The molecule has 106 valence electrons. The third kappa shape index (κ3) is 5.12. The predicted molar refractivity (Wildman–Crippen MR) is 83.3 cm³/mol. The van der Waals surface area contributed by atoms with E-state index in [1.165, 1.54) is 6.07 Å². The van der Waals surface area contributed by atoms with E-state index >= 15 is 0 Å². The van der Waals surface area contributed by atoms with Crippen molar-refractivity contribution in [2.75, 3.05) is 0 Å². The van der Waals surface area contributed by atoms with E-state index in [0.717, 1.165) is 16.4 Å². The number of rotatable bonds is 2.